The Morgan fingerprint density at radius 1 is 1.29 bits per heavy atom. The van der Waals surface area contributed by atoms with Crippen molar-refractivity contribution in [3.05, 3.63) is 41.6 Å². The lowest BCUT2D eigenvalue weighted by atomic mass is 10.2. The lowest BCUT2D eigenvalue weighted by molar-refractivity contribution is 0.0697. The summed E-state index contributed by atoms with van der Waals surface area (Å²) in [7, 11) is 0. The molecular weight excluding hydrogens is 244 g/mol. The molecule has 2 N–H and O–H groups in total. The molecule has 0 saturated heterocycles. The zero-order valence-electron chi connectivity index (χ0n) is 8.46. The molecule has 7 heteroatoms. The Labute approximate surface area is 101 Å². The highest BCUT2D eigenvalue weighted by molar-refractivity contribution is 6.29. The van der Waals surface area contributed by atoms with Gasteiger partial charge in [-0.3, -0.25) is 0 Å². The number of anilines is 2. The SMILES string of the molecule is O=C(O)c1ccc(Cl)nc1Nc1cncnc1. The second-order valence-electron chi connectivity index (χ2n) is 3.09. The fraction of sp³-hybridized carbons (Fsp3) is 0. The predicted octanol–water partition coefficient (Wildman–Crippen LogP) is 1.97. The molecule has 0 aliphatic rings. The van der Waals surface area contributed by atoms with Crippen LogP contribution in [0.5, 0.6) is 0 Å². The first-order valence-corrected chi connectivity index (χ1v) is 4.96. The standard InChI is InChI=1S/C10H7ClN4O2/c11-8-2-1-7(10(16)17)9(15-8)14-6-3-12-5-13-4-6/h1-5H,(H,14,15)(H,16,17). The van der Waals surface area contributed by atoms with E-state index < -0.39 is 5.97 Å². The Morgan fingerprint density at radius 3 is 2.65 bits per heavy atom. The molecule has 0 bridgehead atoms. The average molecular weight is 251 g/mol. The van der Waals surface area contributed by atoms with Gasteiger partial charge in [0.25, 0.3) is 0 Å². The smallest absolute Gasteiger partial charge is 0.339 e. The van der Waals surface area contributed by atoms with Gasteiger partial charge in [0, 0.05) is 0 Å². The summed E-state index contributed by atoms with van der Waals surface area (Å²) >= 11 is 5.71. The summed E-state index contributed by atoms with van der Waals surface area (Å²) in [5.41, 5.74) is 0.558. The molecule has 2 rings (SSSR count). The quantitative estimate of drug-likeness (QED) is 0.810. The number of carboxylic acids is 1. The van der Waals surface area contributed by atoms with Gasteiger partial charge in [-0.25, -0.2) is 19.7 Å². The number of carbonyl (C=O) groups is 1. The number of hydrogen-bond donors (Lipinski definition) is 2. The van der Waals surface area contributed by atoms with Gasteiger partial charge in [0.05, 0.1) is 18.1 Å². The third-order valence-corrected chi connectivity index (χ3v) is 2.13. The van der Waals surface area contributed by atoms with E-state index in [9.17, 15) is 4.79 Å². The Hall–Kier alpha value is -2.21. The lowest BCUT2D eigenvalue weighted by Gasteiger charge is -2.07. The van der Waals surface area contributed by atoms with Crippen molar-refractivity contribution in [2.75, 3.05) is 5.32 Å². The number of rotatable bonds is 3. The molecule has 0 aliphatic carbocycles. The van der Waals surface area contributed by atoms with Gasteiger partial charge in [-0.05, 0) is 12.1 Å². The second-order valence-corrected chi connectivity index (χ2v) is 3.47. The van der Waals surface area contributed by atoms with E-state index >= 15 is 0 Å². The number of aromatic nitrogens is 3. The molecule has 0 saturated carbocycles. The maximum absolute atomic E-state index is 11.0. The van der Waals surface area contributed by atoms with E-state index in [0.717, 1.165) is 0 Å². The summed E-state index contributed by atoms with van der Waals surface area (Å²) in [6.07, 6.45) is 4.37. The Morgan fingerprint density at radius 2 is 2.00 bits per heavy atom. The minimum absolute atomic E-state index is 0.0262. The Balaban J connectivity index is 2.37. The van der Waals surface area contributed by atoms with Crippen LogP contribution in [0, 0.1) is 0 Å². The Kier molecular flexibility index (Phi) is 3.15. The summed E-state index contributed by atoms with van der Waals surface area (Å²) in [4.78, 5) is 22.5. The summed E-state index contributed by atoms with van der Waals surface area (Å²) in [6.45, 7) is 0. The van der Waals surface area contributed by atoms with Crippen molar-refractivity contribution in [1.29, 1.82) is 0 Å². The van der Waals surface area contributed by atoms with E-state index in [-0.39, 0.29) is 16.5 Å². The molecule has 17 heavy (non-hydrogen) atoms. The summed E-state index contributed by atoms with van der Waals surface area (Å²) < 4.78 is 0. The van der Waals surface area contributed by atoms with Gasteiger partial charge in [-0.2, -0.15) is 0 Å². The Bertz CT molecular complexity index is 547. The lowest BCUT2D eigenvalue weighted by Crippen LogP contribution is -2.05. The van der Waals surface area contributed by atoms with E-state index in [2.05, 4.69) is 20.3 Å². The molecule has 0 aromatic carbocycles. The van der Waals surface area contributed by atoms with Crippen LogP contribution in [0.25, 0.3) is 0 Å². The molecule has 6 nitrogen and oxygen atoms in total. The zero-order valence-corrected chi connectivity index (χ0v) is 9.22. The van der Waals surface area contributed by atoms with E-state index in [1.165, 1.54) is 30.9 Å². The molecule has 0 amide bonds. The molecule has 0 radical (unpaired) electrons. The number of aromatic carboxylic acids is 1. The minimum atomic E-state index is -1.09. The van der Waals surface area contributed by atoms with Crippen molar-refractivity contribution < 1.29 is 9.90 Å². The van der Waals surface area contributed by atoms with E-state index in [0.29, 0.717) is 5.69 Å². The van der Waals surface area contributed by atoms with Gasteiger partial charge in [0.15, 0.2) is 0 Å². The van der Waals surface area contributed by atoms with Crippen LogP contribution >= 0.6 is 11.6 Å². The predicted molar refractivity (Wildman–Crippen MR) is 61.5 cm³/mol. The van der Waals surface area contributed by atoms with Crippen LogP contribution in [-0.2, 0) is 0 Å². The van der Waals surface area contributed by atoms with E-state index in [1.54, 1.807) is 0 Å². The summed E-state index contributed by atoms with van der Waals surface area (Å²) in [5, 5.41) is 12.0. The van der Waals surface area contributed by atoms with Crippen LogP contribution in [0.2, 0.25) is 5.15 Å². The van der Waals surface area contributed by atoms with Crippen LogP contribution in [0.4, 0.5) is 11.5 Å². The molecule has 0 aliphatic heterocycles. The first-order valence-electron chi connectivity index (χ1n) is 4.58. The van der Waals surface area contributed by atoms with Crippen LogP contribution in [0.3, 0.4) is 0 Å². The summed E-state index contributed by atoms with van der Waals surface area (Å²) in [5.74, 6) is -0.937. The zero-order chi connectivity index (χ0) is 12.3. The second kappa shape index (κ2) is 4.75. The van der Waals surface area contributed by atoms with Crippen molar-refractivity contribution in [3.63, 3.8) is 0 Å². The molecule has 2 aromatic rings. The number of nitrogens with zero attached hydrogens (tertiary/aromatic N) is 3. The molecule has 2 heterocycles. The number of pyridine rings is 1. The highest BCUT2D eigenvalue weighted by atomic mass is 35.5. The van der Waals surface area contributed by atoms with Gasteiger partial charge in [0.1, 0.15) is 22.9 Å². The average Bonchev–Trinajstić information content (AvgIpc) is 2.30. The van der Waals surface area contributed by atoms with Gasteiger partial charge >= 0.3 is 5.97 Å². The molecule has 0 fully saturated rings. The van der Waals surface area contributed by atoms with Crippen molar-refractivity contribution >= 4 is 29.1 Å². The third-order valence-electron chi connectivity index (χ3n) is 1.91. The normalized spacial score (nSPS) is 9.94. The molecule has 0 unspecified atom stereocenters. The summed E-state index contributed by atoms with van der Waals surface area (Å²) in [6, 6.07) is 2.79. The monoisotopic (exact) mass is 250 g/mol. The fourth-order valence-electron chi connectivity index (χ4n) is 1.20. The maximum atomic E-state index is 11.0. The fourth-order valence-corrected chi connectivity index (χ4v) is 1.35. The number of carboxylic acid groups (broad SMARTS) is 1. The number of hydrogen-bond acceptors (Lipinski definition) is 5. The first kappa shape index (κ1) is 11.3. The maximum Gasteiger partial charge on any atom is 0.339 e. The molecule has 0 spiro atoms. The van der Waals surface area contributed by atoms with Crippen molar-refractivity contribution in [1.82, 2.24) is 15.0 Å². The highest BCUT2D eigenvalue weighted by Crippen LogP contribution is 2.20. The largest absolute Gasteiger partial charge is 0.478 e. The molecule has 2 aromatic heterocycles. The van der Waals surface area contributed by atoms with Gasteiger partial charge in [0.2, 0.25) is 0 Å². The minimum Gasteiger partial charge on any atom is -0.478 e. The van der Waals surface area contributed by atoms with Crippen molar-refractivity contribution in [3.8, 4) is 0 Å². The van der Waals surface area contributed by atoms with Crippen molar-refractivity contribution in [2.24, 2.45) is 0 Å². The number of halogens is 1. The van der Waals surface area contributed by atoms with E-state index in [4.69, 9.17) is 16.7 Å². The first-order chi connectivity index (χ1) is 8.16. The third kappa shape index (κ3) is 2.67. The van der Waals surface area contributed by atoms with Crippen LogP contribution < -0.4 is 5.32 Å². The van der Waals surface area contributed by atoms with Gasteiger partial charge in [-0.1, -0.05) is 11.6 Å². The van der Waals surface area contributed by atoms with Crippen molar-refractivity contribution in [2.45, 2.75) is 0 Å². The molecule has 86 valence electrons. The van der Waals surface area contributed by atoms with Gasteiger partial charge < -0.3 is 10.4 Å². The van der Waals surface area contributed by atoms with Crippen LogP contribution in [0.1, 0.15) is 10.4 Å². The van der Waals surface area contributed by atoms with Gasteiger partial charge in [-0.15, -0.1) is 0 Å². The van der Waals surface area contributed by atoms with Crippen LogP contribution in [-0.4, -0.2) is 26.0 Å². The van der Waals surface area contributed by atoms with E-state index in [1.807, 2.05) is 0 Å². The molecule has 0 atom stereocenters. The number of nitrogens with one attached hydrogen (secondary N) is 1. The van der Waals surface area contributed by atoms with Crippen LogP contribution in [0.15, 0.2) is 30.9 Å². The molecular formula is C10H7ClN4O2. The topological polar surface area (TPSA) is 88.0 Å². The highest BCUT2D eigenvalue weighted by Gasteiger charge is 2.12.